The van der Waals surface area contributed by atoms with Crippen molar-refractivity contribution in [1.82, 2.24) is 5.16 Å². The number of carbonyl (C=O) groups is 2. The van der Waals surface area contributed by atoms with E-state index in [4.69, 9.17) is 14.0 Å². The van der Waals surface area contributed by atoms with Gasteiger partial charge in [0.05, 0.1) is 37.6 Å². The van der Waals surface area contributed by atoms with Gasteiger partial charge in [-0.15, -0.1) is 0 Å². The number of nitrogens with zero attached hydrogens (tertiary/aromatic N) is 1. The minimum absolute atomic E-state index is 0.00295. The maximum atomic E-state index is 12.3. The van der Waals surface area contributed by atoms with E-state index in [1.54, 1.807) is 37.4 Å². The number of esters is 1. The van der Waals surface area contributed by atoms with Gasteiger partial charge in [0.2, 0.25) is 5.91 Å². The van der Waals surface area contributed by atoms with Crippen LogP contribution < -0.4 is 10.1 Å². The Labute approximate surface area is 155 Å². The second-order valence-corrected chi connectivity index (χ2v) is 5.68. The van der Waals surface area contributed by atoms with Crippen molar-refractivity contribution >= 4 is 17.6 Å². The molecule has 0 saturated heterocycles. The number of methoxy groups -OCH3 is 2. The molecule has 0 aliphatic rings. The average molecular weight is 366 g/mol. The van der Waals surface area contributed by atoms with Crippen molar-refractivity contribution in [2.75, 3.05) is 19.5 Å². The summed E-state index contributed by atoms with van der Waals surface area (Å²) in [6.07, 6.45) is 0.00295. The number of ether oxygens (including phenoxy) is 2. The lowest BCUT2D eigenvalue weighted by atomic mass is 10.1. The standard InChI is InChI=1S/C20H18N2O5/c1-25-15-7-5-6-13(10-15)18-11-14(22-27-18)12-19(23)21-17-9-4-3-8-16(17)20(24)26-2/h3-11H,12H2,1-2H3,(H,21,23). The van der Waals surface area contributed by atoms with Crippen LogP contribution in [0.3, 0.4) is 0 Å². The molecule has 1 N–H and O–H groups in total. The van der Waals surface area contributed by atoms with Crippen LogP contribution in [0.25, 0.3) is 11.3 Å². The average Bonchev–Trinajstić information content (AvgIpc) is 3.16. The van der Waals surface area contributed by atoms with Crippen molar-refractivity contribution in [3.8, 4) is 17.1 Å². The van der Waals surface area contributed by atoms with E-state index in [1.165, 1.54) is 7.11 Å². The minimum Gasteiger partial charge on any atom is -0.497 e. The molecule has 0 fully saturated rings. The molecule has 1 heterocycles. The molecule has 0 radical (unpaired) electrons. The van der Waals surface area contributed by atoms with E-state index < -0.39 is 5.97 Å². The third-order valence-electron chi connectivity index (χ3n) is 3.86. The molecule has 0 bridgehead atoms. The fraction of sp³-hybridized carbons (Fsp3) is 0.150. The van der Waals surface area contributed by atoms with E-state index in [1.807, 2.05) is 24.3 Å². The van der Waals surface area contributed by atoms with Crippen LogP contribution in [-0.4, -0.2) is 31.3 Å². The molecule has 0 aliphatic carbocycles. The number of anilines is 1. The van der Waals surface area contributed by atoms with Gasteiger partial charge in [0.25, 0.3) is 0 Å². The molecule has 0 spiro atoms. The normalized spacial score (nSPS) is 10.3. The van der Waals surface area contributed by atoms with Crippen LogP contribution >= 0.6 is 0 Å². The van der Waals surface area contributed by atoms with Crippen LogP contribution in [0, 0.1) is 0 Å². The Morgan fingerprint density at radius 1 is 1.07 bits per heavy atom. The van der Waals surface area contributed by atoms with Gasteiger partial charge in [-0.3, -0.25) is 4.79 Å². The summed E-state index contributed by atoms with van der Waals surface area (Å²) in [5.74, 6) is 0.388. The quantitative estimate of drug-likeness (QED) is 0.673. The number of rotatable bonds is 6. The molecular weight excluding hydrogens is 348 g/mol. The van der Waals surface area contributed by atoms with Gasteiger partial charge in [0.1, 0.15) is 5.75 Å². The zero-order valence-corrected chi connectivity index (χ0v) is 14.9. The smallest absolute Gasteiger partial charge is 0.339 e. The van der Waals surface area contributed by atoms with Crippen LogP contribution in [0.2, 0.25) is 0 Å². The van der Waals surface area contributed by atoms with E-state index in [0.717, 1.165) is 5.56 Å². The summed E-state index contributed by atoms with van der Waals surface area (Å²) in [5, 5.41) is 6.64. The lowest BCUT2D eigenvalue weighted by Gasteiger charge is -2.08. The third-order valence-corrected chi connectivity index (χ3v) is 3.86. The number of carbonyl (C=O) groups excluding carboxylic acids is 2. The van der Waals surface area contributed by atoms with Crippen molar-refractivity contribution in [2.45, 2.75) is 6.42 Å². The zero-order chi connectivity index (χ0) is 19.2. The van der Waals surface area contributed by atoms with Gasteiger partial charge in [0, 0.05) is 11.6 Å². The van der Waals surface area contributed by atoms with Crippen molar-refractivity contribution < 1.29 is 23.6 Å². The van der Waals surface area contributed by atoms with E-state index >= 15 is 0 Å². The van der Waals surface area contributed by atoms with Gasteiger partial charge in [-0.05, 0) is 24.3 Å². The van der Waals surface area contributed by atoms with Gasteiger partial charge in [-0.25, -0.2) is 4.79 Å². The number of para-hydroxylation sites is 1. The molecular formula is C20H18N2O5. The SMILES string of the molecule is COC(=O)c1ccccc1NC(=O)Cc1cc(-c2cccc(OC)c2)on1. The van der Waals surface area contributed by atoms with Crippen molar-refractivity contribution in [1.29, 1.82) is 0 Å². The molecule has 2 aromatic carbocycles. The van der Waals surface area contributed by atoms with E-state index in [9.17, 15) is 9.59 Å². The van der Waals surface area contributed by atoms with Gasteiger partial charge < -0.3 is 19.3 Å². The number of nitrogens with one attached hydrogen (secondary N) is 1. The summed E-state index contributed by atoms with van der Waals surface area (Å²) in [4.78, 5) is 24.1. The molecule has 0 unspecified atom stereocenters. The first kappa shape index (κ1) is 18.2. The Balaban J connectivity index is 1.71. The second kappa shape index (κ2) is 8.18. The zero-order valence-electron chi connectivity index (χ0n) is 14.9. The molecule has 7 nitrogen and oxygen atoms in total. The lowest BCUT2D eigenvalue weighted by molar-refractivity contribution is -0.115. The van der Waals surface area contributed by atoms with Crippen LogP contribution in [0.5, 0.6) is 5.75 Å². The number of hydrogen-bond acceptors (Lipinski definition) is 6. The van der Waals surface area contributed by atoms with Crippen molar-refractivity contribution in [2.24, 2.45) is 0 Å². The summed E-state index contributed by atoms with van der Waals surface area (Å²) >= 11 is 0. The molecule has 1 aromatic heterocycles. The van der Waals surface area contributed by atoms with Crippen LogP contribution in [0.4, 0.5) is 5.69 Å². The van der Waals surface area contributed by atoms with Gasteiger partial charge in [-0.2, -0.15) is 0 Å². The monoisotopic (exact) mass is 366 g/mol. The fourth-order valence-corrected chi connectivity index (χ4v) is 2.55. The Kier molecular flexibility index (Phi) is 5.51. The first-order valence-electron chi connectivity index (χ1n) is 8.18. The van der Waals surface area contributed by atoms with Gasteiger partial charge >= 0.3 is 5.97 Å². The predicted molar refractivity (Wildman–Crippen MR) is 98.6 cm³/mol. The summed E-state index contributed by atoms with van der Waals surface area (Å²) in [6, 6.07) is 15.7. The molecule has 7 heteroatoms. The van der Waals surface area contributed by atoms with Crippen LogP contribution in [-0.2, 0) is 16.0 Å². The number of hydrogen-bond donors (Lipinski definition) is 1. The molecule has 1 amide bonds. The van der Waals surface area contributed by atoms with Crippen molar-refractivity contribution in [3.05, 3.63) is 65.9 Å². The topological polar surface area (TPSA) is 90.7 Å². The predicted octanol–water partition coefficient (Wildman–Crippen LogP) is 3.32. The highest BCUT2D eigenvalue weighted by molar-refractivity contribution is 6.01. The second-order valence-electron chi connectivity index (χ2n) is 5.68. The summed E-state index contributed by atoms with van der Waals surface area (Å²) < 4.78 is 15.2. The highest BCUT2D eigenvalue weighted by Crippen LogP contribution is 2.24. The Morgan fingerprint density at radius 2 is 1.89 bits per heavy atom. The maximum Gasteiger partial charge on any atom is 0.339 e. The summed E-state index contributed by atoms with van der Waals surface area (Å²) in [6.45, 7) is 0. The Morgan fingerprint density at radius 3 is 2.67 bits per heavy atom. The molecule has 0 atom stereocenters. The molecule has 138 valence electrons. The lowest BCUT2D eigenvalue weighted by Crippen LogP contribution is -2.17. The van der Waals surface area contributed by atoms with E-state index in [0.29, 0.717) is 22.9 Å². The van der Waals surface area contributed by atoms with Gasteiger partial charge in [-0.1, -0.05) is 29.4 Å². The van der Waals surface area contributed by atoms with Crippen LogP contribution in [0.1, 0.15) is 16.1 Å². The van der Waals surface area contributed by atoms with E-state index in [2.05, 4.69) is 10.5 Å². The van der Waals surface area contributed by atoms with Crippen molar-refractivity contribution in [3.63, 3.8) is 0 Å². The number of aromatic nitrogens is 1. The Bertz CT molecular complexity index is 964. The van der Waals surface area contributed by atoms with Crippen LogP contribution in [0.15, 0.2) is 59.1 Å². The fourth-order valence-electron chi connectivity index (χ4n) is 2.55. The maximum absolute atomic E-state index is 12.3. The highest BCUT2D eigenvalue weighted by atomic mass is 16.5. The molecule has 3 rings (SSSR count). The minimum atomic E-state index is -0.521. The number of benzene rings is 2. The number of amides is 1. The highest BCUT2D eigenvalue weighted by Gasteiger charge is 2.15. The third kappa shape index (κ3) is 4.33. The first-order valence-corrected chi connectivity index (χ1v) is 8.18. The summed E-state index contributed by atoms with van der Waals surface area (Å²) in [7, 11) is 2.87. The van der Waals surface area contributed by atoms with Gasteiger partial charge in [0.15, 0.2) is 5.76 Å². The first-order chi connectivity index (χ1) is 13.1. The summed E-state index contributed by atoms with van der Waals surface area (Å²) in [5.41, 5.74) is 1.93. The largest absolute Gasteiger partial charge is 0.497 e. The molecule has 0 saturated carbocycles. The molecule has 3 aromatic rings. The van der Waals surface area contributed by atoms with E-state index in [-0.39, 0.29) is 17.9 Å². The molecule has 0 aliphatic heterocycles. The Hall–Kier alpha value is -3.61. The molecule has 27 heavy (non-hydrogen) atoms.